The van der Waals surface area contributed by atoms with Crippen LogP contribution in [0.3, 0.4) is 0 Å². The maximum Gasteiger partial charge on any atom is 0.341 e. The molecule has 0 bridgehead atoms. The summed E-state index contributed by atoms with van der Waals surface area (Å²) in [6, 6.07) is 14.9. The molecule has 0 amide bonds. The highest BCUT2D eigenvalue weighted by Gasteiger charge is 2.19. The number of rotatable bonds is 8. The Bertz CT molecular complexity index is 1110. The van der Waals surface area contributed by atoms with E-state index in [0.29, 0.717) is 33.7 Å². The Labute approximate surface area is 190 Å². The van der Waals surface area contributed by atoms with E-state index in [1.807, 2.05) is 49.4 Å². The Kier molecular flexibility index (Phi) is 7.60. The fourth-order valence-electron chi connectivity index (χ4n) is 3.06. The number of esters is 1. The topological polar surface area (TPSA) is 62.6 Å². The average Bonchev–Trinajstić information content (AvgIpc) is 3.03. The number of ether oxygens (including phenoxy) is 3. The van der Waals surface area contributed by atoms with Crippen molar-refractivity contribution in [3.8, 4) is 5.88 Å². The lowest BCUT2D eigenvalue weighted by atomic mass is 10.0. The van der Waals surface area contributed by atoms with E-state index >= 15 is 0 Å². The molecular formula is C23H22Cl2N2O4. The van der Waals surface area contributed by atoms with Crippen LogP contribution in [0.2, 0.25) is 10.2 Å². The van der Waals surface area contributed by atoms with Gasteiger partial charge in [-0.1, -0.05) is 59.6 Å². The minimum absolute atomic E-state index is 0.180. The molecule has 0 aliphatic heterocycles. The highest BCUT2D eigenvalue weighted by molar-refractivity contribution is 6.31. The van der Waals surface area contributed by atoms with Gasteiger partial charge in [0.05, 0.1) is 27.0 Å². The predicted octanol–water partition coefficient (Wildman–Crippen LogP) is 5.29. The van der Waals surface area contributed by atoms with E-state index in [2.05, 4.69) is 5.10 Å². The fourth-order valence-corrected chi connectivity index (χ4v) is 3.46. The van der Waals surface area contributed by atoms with E-state index in [1.54, 1.807) is 10.7 Å². The third-order valence-electron chi connectivity index (χ3n) is 4.60. The molecule has 0 unspecified atom stereocenters. The fraction of sp³-hybridized carbons (Fsp3) is 0.217. The van der Waals surface area contributed by atoms with Gasteiger partial charge in [0.2, 0.25) is 5.88 Å². The summed E-state index contributed by atoms with van der Waals surface area (Å²) in [5, 5.41) is 5.63. The first kappa shape index (κ1) is 22.7. The molecule has 0 N–H and O–H groups in total. The van der Waals surface area contributed by atoms with Gasteiger partial charge < -0.3 is 14.2 Å². The monoisotopic (exact) mass is 460 g/mol. The van der Waals surface area contributed by atoms with Crippen LogP contribution < -0.4 is 4.74 Å². The van der Waals surface area contributed by atoms with Crippen LogP contribution in [0.4, 0.5) is 0 Å². The number of nitrogens with zero attached hydrogens (tertiary/aromatic N) is 2. The maximum absolute atomic E-state index is 12.2. The van der Waals surface area contributed by atoms with Gasteiger partial charge >= 0.3 is 5.97 Å². The molecule has 0 atom stereocenters. The standard InChI is InChI=1S/C23H22Cl2N2O4/c1-15-21(25)27(12-16-7-6-9-18(24)11-16)26-22(15)31-13-17-8-4-5-10-19(17)20(14-29-2)23(28)30-3/h4-11,14H,12-13H2,1-3H3/b20-14+. The second kappa shape index (κ2) is 10.4. The molecule has 0 saturated heterocycles. The Hall–Kier alpha value is -2.96. The number of aromatic nitrogens is 2. The number of hydrogen-bond donors (Lipinski definition) is 0. The van der Waals surface area contributed by atoms with Gasteiger partial charge in [0.15, 0.2) is 0 Å². The molecule has 3 aromatic rings. The minimum atomic E-state index is -0.501. The molecule has 162 valence electrons. The van der Waals surface area contributed by atoms with E-state index in [9.17, 15) is 4.79 Å². The molecule has 0 aliphatic carbocycles. The Balaban J connectivity index is 1.82. The molecule has 3 rings (SSSR count). The lowest BCUT2D eigenvalue weighted by molar-refractivity contribution is -0.133. The second-order valence-corrected chi connectivity index (χ2v) is 7.51. The number of carbonyl (C=O) groups excluding carboxylic acids is 1. The van der Waals surface area contributed by atoms with E-state index in [4.69, 9.17) is 37.4 Å². The Morgan fingerprint density at radius 2 is 1.90 bits per heavy atom. The van der Waals surface area contributed by atoms with Gasteiger partial charge in [0.1, 0.15) is 17.3 Å². The molecule has 0 spiro atoms. The van der Waals surface area contributed by atoms with Crippen molar-refractivity contribution in [2.75, 3.05) is 14.2 Å². The summed E-state index contributed by atoms with van der Waals surface area (Å²) in [7, 11) is 2.79. The third-order valence-corrected chi connectivity index (χ3v) is 5.32. The summed E-state index contributed by atoms with van der Waals surface area (Å²) in [6.45, 7) is 2.48. The van der Waals surface area contributed by atoms with E-state index < -0.39 is 5.97 Å². The van der Waals surface area contributed by atoms with Crippen molar-refractivity contribution >= 4 is 34.7 Å². The highest BCUT2D eigenvalue weighted by Crippen LogP contribution is 2.28. The first-order chi connectivity index (χ1) is 14.9. The summed E-state index contributed by atoms with van der Waals surface area (Å²) in [5.74, 6) is -0.0866. The van der Waals surface area contributed by atoms with E-state index in [0.717, 1.165) is 16.7 Å². The van der Waals surface area contributed by atoms with Crippen molar-refractivity contribution in [3.05, 3.63) is 87.2 Å². The van der Waals surface area contributed by atoms with Crippen LogP contribution in [-0.4, -0.2) is 30.0 Å². The van der Waals surface area contributed by atoms with Crippen LogP contribution >= 0.6 is 23.2 Å². The first-order valence-electron chi connectivity index (χ1n) is 9.44. The van der Waals surface area contributed by atoms with Gasteiger partial charge in [-0.25, -0.2) is 9.48 Å². The van der Waals surface area contributed by atoms with Crippen molar-refractivity contribution in [3.63, 3.8) is 0 Å². The van der Waals surface area contributed by atoms with Crippen LogP contribution in [0.15, 0.2) is 54.8 Å². The normalized spacial score (nSPS) is 11.3. The summed E-state index contributed by atoms with van der Waals surface area (Å²) in [6.07, 6.45) is 1.35. The quantitative estimate of drug-likeness (QED) is 0.259. The van der Waals surface area contributed by atoms with E-state index in [-0.39, 0.29) is 6.61 Å². The summed E-state index contributed by atoms with van der Waals surface area (Å²) in [4.78, 5) is 12.2. The molecule has 0 radical (unpaired) electrons. The van der Waals surface area contributed by atoms with Gasteiger partial charge in [-0.15, -0.1) is 5.10 Å². The van der Waals surface area contributed by atoms with Gasteiger partial charge in [-0.3, -0.25) is 0 Å². The third kappa shape index (κ3) is 5.40. The number of hydrogen-bond acceptors (Lipinski definition) is 5. The first-order valence-corrected chi connectivity index (χ1v) is 10.2. The predicted molar refractivity (Wildman–Crippen MR) is 120 cm³/mol. The van der Waals surface area contributed by atoms with Crippen LogP contribution in [0, 0.1) is 6.92 Å². The lowest BCUT2D eigenvalue weighted by Crippen LogP contribution is -2.08. The zero-order valence-electron chi connectivity index (χ0n) is 17.4. The van der Waals surface area contributed by atoms with Crippen LogP contribution in [0.5, 0.6) is 5.88 Å². The maximum atomic E-state index is 12.2. The summed E-state index contributed by atoms with van der Waals surface area (Å²) >= 11 is 12.5. The number of methoxy groups -OCH3 is 2. The van der Waals surface area contributed by atoms with Gasteiger partial charge in [-0.2, -0.15) is 0 Å². The largest absolute Gasteiger partial charge is 0.503 e. The lowest BCUT2D eigenvalue weighted by Gasteiger charge is -2.12. The van der Waals surface area contributed by atoms with Gasteiger partial charge in [0, 0.05) is 10.6 Å². The summed E-state index contributed by atoms with van der Waals surface area (Å²) in [5.41, 5.74) is 3.42. The van der Waals surface area contributed by atoms with Crippen molar-refractivity contribution < 1.29 is 19.0 Å². The number of halogens is 2. The zero-order valence-corrected chi connectivity index (χ0v) is 18.9. The SMILES string of the molecule is CO/C=C(/C(=O)OC)c1ccccc1COc1nn(Cc2cccc(Cl)c2)c(Cl)c1C. The number of carbonyl (C=O) groups is 1. The van der Waals surface area contributed by atoms with Gasteiger partial charge in [-0.05, 0) is 35.7 Å². The van der Waals surface area contributed by atoms with E-state index in [1.165, 1.54) is 20.5 Å². The molecular weight excluding hydrogens is 439 g/mol. The average molecular weight is 461 g/mol. The van der Waals surface area contributed by atoms with Crippen LogP contribution in [-0.2, 0) is 27.4 Å². The zero-order chi connectivity index (χ0) is 22.4. The number of benzene rings is 2. The molecule has 8 heteroatoms. The van der Waals surface area contributed by atoms with Crippen LogP contribution in [0.1, 0.15) is 22.3 Å². The van der Waals surface area contributed by atoms with Crippen molar-refractivity contribution in [2.45, 2.75) is 20.1 Å². The van der Waals surface area contributed by atoms with Crippen molar-refractivity contribution in [2.24, 2.45) is 0 Å². The Morgan fingerprint density at radius 1 is 1.13 bits per heavy atom. The van der Waals surface area contributed by atoms with Crippen molar-refractivity contribution in [1.29, 1.82) is 0 Å². The molecule has 31 heavy (non-hydrogen) atoms. The molecule has 1 aromatic heterocycles. The molecule has 0 fully saturated rings. The highest BCUT2D eigenvalue weighted by atomic mass is 35.5. The molecule has 0 saturated carbocycles. The van der Waals surface area contributed by atoms with Crippen molar-refractivity contribution in [1.82, 2.24) is 9.78 Å². The second-order valence-electron chi connectivity index (χ2n) is 6.71. The molecule has 6 nitrogen and oxygen atoms in total. The molecule has 2 aromatic carbocycles. The van der Waals surface area contributed by atoms with Gasteiger partial charge in [0.25, 0.3) is 0 Å². The van der Waals surface area contributed by atoms with Crippen LogP contribution in [0.25, 0.3) is 5.57 Å². The summed E-state index contributed by atoms with van der Waals surface area (Å²) < 4.78 is 17.6. The smallest absolute Gasteiger partial charge is 0.341 e. The molecule has 0 aliphatic rings. The Morgan fingerprint density at radius 3 is 2.61 bits per heavy atom. The minimum Gasteiger partial charge on any atom is -0.503 e. The molecule has 1 heterocycles.